The molecule has 1 aliphatic rings. The molecule has 1 N–H and O–H groups in total. The number of ether oxygens (including phenoxy) is 1. The predicted molar refractivity (Wildman–Crippen MR) is 77.6 cm³/mol. The maximum Gasteiger partial charge on any atom is 0.130 e. The van der Waals surface area contributed by atoms with Crippen LogP contribution in [0.25, 0.3) is 0 Å². The second-order valence-corrected chi connectivity index (χ2v) is 5.36. The van der Waals surface area contributed by atoms with Crippen molar-refractivity contribution in [2.75, 3.05) is 11.9 Å². The molecule has 1 aliphatic heterocycles. The van der Waals surface area contributed by atoms with Gasteiger partial charge in [-0.05, 0) is 60.9 Å². The van der Waals surface area contributed by atoms with Crippen molar-refractivity contribution in [3.8, 4) is 11.5 Å². The van der Waals surface area contributed by atoms with Crippen molar-refractivity contribution in [3.05, 3.63) is 52.0 Å². The summed E-state index contributed by atoms with van der Waals surface area (Å²) in [5.41, 5.74) is 3.86. The Balaban J connectivity index is 1.91. The van der Waals surface area contributed by atoms with Crippen LogP contribution in [0.15, 0.2) is 40.9 Å². The average Bonchev–Trinajstić information content (AvgIpc) is 2.84. The highest BCUT2D eigenvalue weighted by molar-refractivity contribution is 9.10. The molecular weight excluding hydrogens is 290 g/mol. The minimum Gasteiger partial charge on any atom is -0.457 e. The molecule has 18 heavy (non-hydrogen) atoms. The number of hydrogen-bond donors (Lipinski definition) is 1. The monoisotopic (exact) mass is 303 g/mol. The Labute approximate surface area is 115 Å². The molecule has 2 aromatic carbocycles. The first-order valence-electron chi connectivity index (χ1n) is 6.04. The van der Waals surface area contributed by atoms with Crippen LogP contribution in [-0.2, 0) is 6.42 Å². The van der Waals surface area contributed by atoms with Gasteiger partial charge in [0.15, 0.2) is 0 Å². The Kier molecular flexibility index (Phi) is 3.00. The first kappa shape index (κ1) is 11.6. The quantitative estimate of drug-likeness (QED) is 0.881. The zero-order valence-corrected chi connectivity index (χ0v) is 11.8. The molecule has 0 atom stereocenters. The summed E-state index contributed by atoms with van der Waals surface area (Å²) in [6.07, 6.45) is 1.08. The van der Waals surface area contributed by atoms with Gasteiger partial charge >= 0.3 is 0 Å². The highest BCUT2D eigenvalue weighted by atomic mass is 79.9. The topological polar surface area (TPSA) is 21.3 Å². The molecular formula is C15H14BrNO. The number of rotatable bonds is 2. The molecule has 1 heterocycles. The second-order valence-electron chi connectivity index (χ2n) is 4.45. The summed E-state index contributed by atoms with van der Waals surface area (Å²) >= 11 is 3.42. The minimum absolute atomic E-state index is 0.868. The van der Waals surface area contributed by atoms with Crippen molar-refractivity contribution in [1.29, 1.82) is 0 Å². The Morgan fingerprint density at radius 2 is 1.89 bits per heavy atom. The van der Waals surface area contributed by atoms with E-state index in [9.17, 15) is 0 Å². The van der Waals surface area contributed by atoms with Crippen LogP contribution in [0.3, 0.4) is 0 Å². The van der Waals surface area contributed by atoms with Crippen molar-refractivity contribution in [2.24, 2.45) is 0 Å². The molecule has 0 bridgehead atoms. The van der Waals surface area contributed by atoms with Gasteiger partial charge in [0.05, 0.1) is 0 Å². The molecule has 0 saturated heterocycles. The average molecular weight is 304 g/mol. The summed E-state index contributed by atoms with van der Waals surface area (Å²) in [6, 6.07) is 12.0. The summed E-state index contributed by atoms with van der Waals surface area (Å²) in [7, 11) is 0. The summed E-state index contributed by atoms with van der Waals surface area (Å²) in [5, 5.41) is 3.38. The fraction of sp³-hybridized carbons (Fsp3) is 0.200. The molecule has 0 aliphatic carbocycles. The molecule has 0 radical (unpaired) electrons. The van der Waals surface area contributed by atoms with Gasteiger partial charge in [-0.15, -0.1) is 0 Å². The highest BCUT2D eigenvalue weighted by Crippen LogP contribution is 2.34. The van der Waals surface area contributed by atoms with Crippen molar-refractivity contribution >= 4 is 21.6 Å². The van der Waals surface area contributed by atoms with E-state index in [0.717, 1.165) is 28.9 Å². The van der Waals surface area contributed by atoms with Crippen molar-refractivity contribution in [2.45, 2.75) is 13.3 Å². The zero-order chi connectivity index (χ0) is 12.5. The molecule has 0 fully saturated rings. The standard InChI is InChI=1S/C15H14BrNO/c1-10-13-8-9-17-14(13)6-7-15(10)18-12-4-2-11(16)3-5-12/h2-7,17H,8-9H2,1H3. The number of hydrogen-bond acceptors (Lipinski definition) is 2. The third-order valence-corrected chi connectivity index (χ3v) is 3.81. The Hall–Kier alpha value is -1.48. The van der Waals surface area contributed by atoms with E-state index in [1.54, 1.807) is 0 Å². The lowest BCUT2D eigenvalue weighted by Crippen LogP contribution is -1.91. The summed E-state index contributed by atoms with van der Waals surface area (Å²) in [6.45, 7) is 3.15. The molecule has 0 unspecified atom stereocenters. The number of benzene rings is 2. The van der Waals surface area contributed by atoms with Crippen molar-refractivity contribution in [1.82, 2.24) is 0 Å². The van der Waals surface area contributed by atoms with Gasteiger partial charge in [-0.1, -0.05) is 15.9 Å². The van der Waals surface area contributed by atoms with E-state index >= 15 is 0 Å². The molecule has 0 aromatic heterocycles. The third-order valence-electron chi connectivity index (χ3n) is 3.28. The van der Waals surface area contributed by atoms with Gasteiger partial charge < -0.3 is 10.1 Å². The van der Waals surface area contributed by atoms with Gasteiger partial charge in [0.2, 0.25) is 0 Å². The van der Waals surface area contributed by atoms with E-state index in [1.165, 1.54) is 16.8 Å². The molecule has 2 aromatic rings. The van der Waals surface area contributed by atoms with Gasteiger partial charge in [0.1, 0.15) is 11.5 Å². The zero-order valence-electron chi connectivity index (χ0n) is 10.2. The maximum atomic E-state index is 5.94. The number of nitrogens with one attached hydrogen (secondary N) is 1. The molecule has 0 saturated carbocycles. The minimum atomic E-state index is 0.868. The van der Waals surface area contributed by atoms with Crippen LogP contribution in [0.2, 0.25) is 0 Å². The Morgan fingerprint density at radius 1 is 1.11 bits per heavy atom. The first-order chi connectivity index (χ1) is 8.74. The molecule has 3 heteroatoms. The van der Waals surface area contributed by atoms with Gasteiger partial charge in [0, 0.05) is 16.7 Å². The fourth-order valence-corrected chi connectivity index (χ4v) is 2.55. The first-order valence-corrected chi connectivity index (χ1v) is 6.83. The lowest BCUT2D eigenvalue weighted by molar-refractivity contribution is 0.478. The van der Waals surface area contributed by atoms with E-state index in [4.69, 9.17) is 4.74 Å². The van der Waals surface area contributed by atoms with E-state index < -0.39 is 0 Å². The van der Waals surface area contributed by atoms with Crippen molar-refractivity contribution in [3.63, 3.8) is 0 Å². The summed E-state index contributed by atoms with van der Waals surface area (Å²) in [4.78, 5) is 0. The van der Waals surface area contributed by atoms with Gasteiger partial charge in [-0.2, -0.15) is 0 Å². The lowest BCUT2D eigenvalue weighted by atomic mass is 10.1. The summed E-state index contributed by atoms with van der Waals surface area (Å²) in [5.74, 6) is 1.81. The Bertz CT molecular complexity index is 578. The van der Waals surface area contributed by atoms with Crippen LogP contribution >= 0.6 is 15.9 Å². The van der Waals surface area contributed by atoms with E-state index in [2.05, 4.69) is 34.2 Å². The van der Waals surface area contributed by atoms with Crippen LogP contribution in [0.4, 0.5) is 5.69 Å². The largest absolute Gasteiger partial charge is 0.457 e. The van der Waals surface area contributed by atoms with E-state index in [0.29, 0.717) is 0 Å². The number of anilines is 1. The van der Waals surface area contributed by atoms with Crippen LogP contribution in [0, 0.1) is 6.92 Å². The number of fused-ring (bicyclic) bond motifs is 1. The van der Waals surface area contributed by atoms with Crippen molar-refractivity contribution < 1.29 is 4.74 Å². The van der Waals surface area contributed by atoms with Gasteiger partial charge in [0.25, 0.3) is 0 Å². The molecule has 3 rings (SSSR count). The molecule has 2 nitrogen and oxygen atoms in total. The van der Waals surface area contributed by atoms with Crippen LogP contribution in [-0.4, -0.2) is 6.54 Å². The predicted octanol–water partition coefficient (Wildman–Crippen LogP) is 4.52. The molecule has 92 valence electrons. The van der Waals surface area contributed by atoms with Gasteiger partial charge in [-0.3, -0.25) is 0 Å². The van der Waals surface area contributed by atoms with Gasteiger partial charge in [-0.25, -0.2) is 0 Å². The normalized spacial score (nSPS) is 13.0. The Morgan fingerprint density at radius 3 is 2.67 bits per heavy atom. The smallest absolute Gasteiger partial charge is 0.130 e. The fourth-order valence-electron chi connectivity index (χ4n) is 2.29. The van der Waals surface area contributed by atoms with E-state index in [1.807, 2.05) is 30.3 Å². The SMILES string of the molecule is Cc1c(Oc2ccc(Br)cc2)ccc2c1CCN2. The third kappa shape index (κ3) is 2.10. The summed E-state index contributed by atoms with van der Waals surface area (Å²) < 4.78 is 7.00. The maximum absolute atomic E-state index is 5.94. The van der Waals surface area contributed by atoms with Crippen LogP contribution < -0.4 is 10.1 Å². The second kappa shape index (κ2) is 4.65. The molecule has 0 amide bonds. The van der Waals surface area contributed by atoms with Crippen LogP contribution in [0.1, 0.15) is 11.1 Å². The molecule has 0 spiro atoms. The lowest BCUT2D eigenvalue weighted by Gasteiger charge is -2.12. The van der Waals surface area contributed by atoms with E-state index in [-0.39, 0.29) is 0 Å². The highest BCUT2D eigenvalue weighted by Gasteiger charge is 2.15. The van der Waals surface area contributed by atoms with Crippen LogP contribution in [0.5, 0.6) is 11.5 Å². The number of halogens is 1.